The van der Waals surface area contributed by atoms with Crippen LogP contribution in [0.1, 0.15) is 57.4 Å². The topological polar surface area (TPSA) is 52.9 Å². The molecule has 108 valence electrons. The Kier molecular flexibility index (Phi) is 7.42. The molecule has 3 nitrogen and oxygen atoms in total. The zero-order chi connectivity index (χ0) is 14.8. The first-order valence-corrected chi connectivity index (χ1v) is 7.44. The van der Waals surface area contributed by atoms with E-state index in [0.717, 1.165) is 18.4 Å². The molecule has 0 aromatic heterocycles. The summed E-state index contributed by atoms with van der Waals surface area (Å²) in [6.45, 7) is 4.19. The van der Waals surface area contributed by atoms with Crippen molar-refractivity contribution in [1.82, 2.24) is 5.32 Å². The molecule has 3 heteroatoms. The number of carbonyl (C=O) groups is 1. The van der Waals surface area contributed by atoms with Gasteiger partial charge in [-0.05, 0) is 18.9 Å². The summed E-state index contributed by atoms with van der Waals surface area (Å²) in [4.78, 5) is 12.1. The molecular weight excluding hydrogens is 248 g/mol. The van der Waals surface area contributed by atoms with Gasteiger partial charge in [-0.1, -0.05) is 62.9 Å². The predicted molar refractivity (Wildman–Crippen MR) is 81.2 cm³/mol. The van der Waals surface area contributed by atoms with Crippen LogP contribution in [0.2, 0.25) is 0 Å². The molecule has 0 bridgehead atoms. The van der Waals surface area contributed by atoms with Crippen LogP contribution in [0.25, 0.3) is 0 Å². The van der Waals surface area contributed by atoms with E-state index in [4.69, 9.17) is 0 Å². The highest BCUT2D eigenvalue weighted by Crippen LogP contribution is 2.15. The molecule has 0 aliphatic heterocycles. The molecule has 1 amide bonds. The molecular formula is C17H24N2O. The van der Waals surface area contributed by atoms with Gasteiger partial charge in [0, 0.05) is 6.04 Å². The summed E-state index contributed by atoms with van der Waals surface area (Å²) in [5, 5.41) is 12.1. The largest absolute Gasteiger partial charge is 0.352 e. The van der Waals surface area contributed by atoms with Gasteiger partial charge in [-0.15, -0.1) is 0 Å². The zero-order valence-corrected chi connectivity index (χ0v) is 12.4. The van der Waals surface area contributed by atoms with E-state index in [1.165, 1.54) is 19.3 Å². The molecule has 0 saturated heterocycles. The van der Waals surface area contributed by atoms with Crippen molar-refractivity contribution < 1.29 is 4.79 Å². The standard InChI is InChI=1S/C17H24N2O/c1-3-4-5-7-10-14(2)19-17(20)16(13-18)15-11-8-6-9-12-15/h6,8-9,11-12,14,16H,3-5,7,10H2,1-2H3,(H,19,20). The van der Waals surface area contributed by atoms with Crippen molar-refractivity contribution >= 4 is 5.91 Å². The number of nitrogens with one attached hydrogen (secondary N) is 1. The van der Waals surface area contributed by atoms with E-state index < -0.39 is 5.92 Å². The normalized spacial score (nSPS) is 13.2. The lowest BCUT2D eigenvalue weighted by molar-refractivity contribution is -0.122. The van der Waals surface area contributed by atoms with E-state index in [1.807, 2.05) is 37.3 Å². The number of carbonyl (C=O) groups excluding carboxylic acids is 1. The number of hydrogen-bond donors (Lipinski definition) is 1. The first kappa shape index (κ1) is 16.2. The summed E-state index contributed by atoms with van der Waals surface area (Å²) in [6, 6.07) is 11.4. The van der Waals surface area contributed by atoms with Crippen molar-refractivity contribution in [2.75, 3.05) is 0 Å². The molecule has 0 heterocycles. The maximum absolute atomic E-state index is 12.1. The van der Waals surface area contributed by atoms with E-state index in [0.29, 0.717) is 0 Å². The Hall–Kier alpha value is -1.82. The molecule has 2 atom stereocenters. The average Bonchev–Trinajstić information content (AvgIpc) is 2.45. The van der Waals surface area contributed by atoms with Gasteiger partial charge in [0.2, 0.25) is 5.91 Å². The third kappa shape index (κ3) is 5.44. The monoisotopic (exact) mass is 272 g/mol. The van der Waals surface area contributed by atoms with Crippen molar-refractivity contribution in [3.63, 3.8) is 0 Å². The molecule has 1 aromatic rings. The van der Waals surface area contributed by atoms with Gasteiger partial charge in [-0.2, -0.15) is 5.26 Å². The molecule has 2 unspecified atom stereocenters. The summed E-state index contributed by atoms with van der Waals surface area (Å²) in [7, 11) is 0. The van der Waals surface area contributed by atoms with Gasteiger partial charge in [0.1, 0.15) is 5.92 Å². The number of nitrogens with zero attached hydrogens (tertiary/aromatic N) is 1. The van der Waals surface area contributed by atoms with Crippen molar-refractivity contribution in [3.05, 3.63) is 35.9 Å². The third-order valence-corrected chi connectivity index (χ3v) is 3.40. The molecule has 1 rings (SSSR count). The lowest BCUT2D eigenvalue weighted by atomic mass is 9.99. The van der Waals surface area contributed by atoms with Crippen LogP contribution in [0, 0.1) is 11.3 Å². The summed E-state index contributed by atoms with van der Waals surface area (Å²) in [6.07, 6.45) is 5.75. The Morgan fingerprint density at radius 1 is 1.25 bits per heavy atom. The lowest BCUT2D eigenvalue weighted by Crippen LogP contribution is -2.35. The summed E-state index contributed by atoms with van der Waals surface area (Å²) in [5.74, 6) is -0.906. The molecule has 0 aliphatic carbocycles. The van der Waals surface area contributed by atoms with Crippen molar-refractivity contribution in [1.29, 1.82) is 5.26 Å². The SMILES string of the molecule is CCCCCCC(C)NC(=O)C(C#N)c1ccccc1. The van der Waals surface area contributed by atoms with Crippen LogP contribution in [0.4, 0.5) is 0 Å². The minimum Gasteiger partial charge on any atom is -0.352 e. The first-order valence-electron chi connectivity index (χ1n) is 7.44. The number of benzene rings is 1. The van der Waals surface area contributed by atoms with E-state index in [1.54, 1.807) is 0 Å². The fraction of sp³-hybridized carbons (Fsp3) is 0.529. The smallest absolute Gasteiger partial charge is 0.242 e. The maximum Gasteiger partial charge on any atom is 0.242 e. The van der Waals surface area contributed by atoms with Crippen LogP contribution in [0.5, 0.6) is 0 Å². The Morgan fingerprint density at radius 3 is 2.55 bits per heavy atom. The van der Waals surface area contributed by atoms with Crippen LogP contribution in [0.3, 0.4) is 0 Å². The molecule has 0 radical (unpaired) electrons. The van der Waals surface area contributed by atoms with E-state index in [9.17, 15) is 10.1 Å². The Morgan fingerprint density at radius 2 is 1.95 bits per heavy atom. The van der Waals surface area contributed by atoms with Gasteiger partial charge in [-0.25, -0.2) is 0 Å². The van der Waals surface area contributed by atoms with Crippen LogP contribution >= 0.6 is 0 Å². The number of amides is 1. The van der Waals surface area contributed by atoms with Crippen molar-refractivity contribution in [3.8, 4) is 6.07 Å². The quantitative estimate of drug-likeness (QED) is 0.732. The number of rotatable bonds is 8. The van der Waals surface area contributed by atoms with Gasteiger partial charge < -0.3 is 5.32 Å². The summed E-state index contributed by atoms with van der Waals surface area (Å²) >= 11 is 0. The van der Waals surface area contributed by atoms with Crippen LogP contribution in [-0.2, 0) is 4.79 Å². The summed E-state index contributed by atoms with van der Waals surface area (Å²) in [5.41, 5.74) is 0.755. The molecule has 0 fully saturated rings. The van der Waals surface area contributed by atoms with Crippen LogP contribution in [-0.4, -0.2) is 11.9 Å². The van der Waals surface area contributed by atoms with Gasteiger partial charge in [0.05, 0.1) is 6.07 Å². The maximum atomic E-state index is 12.1. The molecule has 1 N–H and O–H groups in total. The zero-order valence-electron chi connectivity index (χ0n) is 12.4. The minimum atomic E-state index is -0.714. The second kappa shape index (κ2) is 9.14. The van der Waals surface area contributed by atoms with E-state index in [2.05, 4.69) is 18.3 Å². The third-order valence-electron chi connectivity index (χ3n) is 3.40. The second-order valence-corrected chi connectivity index (χ2v) is 5.23. The minimum absolute atomic E-state index is 0.124. The first-order chi connectivity index (χ1) is 9.69. The second-order valence-electron chi connectivity index (χ2n) is 5.23. The van der Waals surface area contributed by atoms with Gasteiger partial charge in [0.15, 0.2) is 0 Å². The van der Waals surface area contributed by atoms with Crippen LogP contribution < -0.4 is 5.32 Å². The highest BCUT2D eigenvalue weighted by molar-refractivity contribution is 5.86. The molecule has 0 saturated carbocycles. The molecule has 0 spiro atoms. The predicted octanol–water partition coefficient (Wildman–Crippen LogP) is 3.77. The molecule has 20 heavy (non-hydrogen) atoms. The molecule has 0 aliphatic rings. The fourth-order valence-electron chi connectivity index (χ4n) is 2.21. The highest BCUT2D eigenvalue weighted by atomic mass is 16.1. The summed E-state index contributed by atoms with van der Waals surface area (Å²) < 4.78 is 0. The molecule has 1 aromatic carbocycles. The Bertz CT molecular complexity index is 436. The van der Waals surface area contributed by atoms with Crippen molar-refractivity contribution in [2.24, 2.45) is 0 Å². The van der Waals surface area contributed by atoms with E-state index in [-0.39, 0.29) is 11.9 Å². The Balaban J connectivity index is 2.46. The van der Waals surface area contributed by atoms with Gasteiger partial charge >= 0.3 is 0 Å². The average molecular weight is 272 g/mol. The number of hydrogen-bond acceptors (Lipinski definition) is 2. The Labute approximate surface area is 122 Å². The highest BCUT2D eigenvalue weighted by Gasteiger charge is 2.20. The lowest BCUT2D eigenvalue weighted by Gasteiger charge is -2.16. The van der Waals surface area contributed by atoms with E-state index >= 15 is 0 Å². The van der Waals surface area contributed by atoms with Crippen LogP contribution in [0.15, 0.2) is 30.3 Å². The number of unbranched alkanes of at least 4 members (excludes halogenated alkanes) is 3. The number of nitriles is 1. The van der Waals surface area contributed by atoms with Gasteiger partial charge in [-0.3, -0.25) is 4.79 Å². The van der Waals surface area contributed by atoms with Crippen molar-refractivity contribution in [2.45, 2.75) is 57.9 Å². The van der Waals surface area contributed by atoms with Gasteiger partial charge in [0.25, 0.3) is 0 Å². The fourth-order valence-corrected chi connectivity index (χ4v) is 2.21.